The van der Waals surface area contributed by atoms with Crippen molar-refractivity contribution in [2.45, 2.75) is 67.0 Å². The van der Waals surface area contributed by atoms with Gasteiger partial charge in [-0.05, 0) is 70.1 Å². The van der Waals surface area contributed by atoms with Crippen LogP contribution in [-0.2, 0) is 16.1 Å². The number of carbonyl (C=O) groups excluding carboxylic acids is 4. The minimum absolute atomic E-state index is 0.150. The van der Waals surface area contributed by atoms with E-state index in [1.807, 2.05) is 44.2 Å². The molecule has 12 nitrogen and oxygen atoms in total. The lowest BCUT2D eigenvalue weighted by molar-refractivity contribution is -0.124. The summed E-state index contributed by atoms with van der Waals surface area (Å²) in [6.45, 7) is 16.5. The van der Waals surface area contributed by atoms with Gasteiger partial charge in [-0.2, -0.15) is 0 Å². The number of nitrogens with zero attached hydrogens (tertiary/aromatic N) is 5. The summed E-state index contributed by atoms with van der Waals surface area (Å²) in [4.78, 5) is 56.0. The van der Waals surface area contributed by atoms with E-state index in [-0.39, 0.29) is 17.0 Å². The van der Waals surface area contributed by atoms with Gasteiger partial charge in [0.05, 0.1) is 17.7 Å². The van der Waals surface area contributed by atoms with Gasteiger partial charge in [0.2, 0.25) is 11.8 Å². The van der Waals surface area contributed by atoms with Crippen LogP contribution in [-0.4, -0.2) is 68.1 Å². The highest BCUT2D eigenvalue weighted by Crippen LogP contribution is 2.35. The zero-order valence-corrected chi connectivity index (χ0v) is 31.2. The molecule has 0 radical (unpaired) electrons. The van der Waals surface area contributed by atoms with Crippen LogP contribution in [0.4, 0.5) is 5.69 Å². The molecule has 2 aliphatic heterocycles. The van der Waals surface area contributed by atoms with Crippen molar-refractivity contribution in [2.24, 2.45) is 4.99 Å². The standard InChI is InChI=1S/C19H24N4O4.C12H14N4S.C6H5Cl/c1-4-7-15(17(25)20-5-2)23-18(26)13-8-6-9-14(16(13)19(23)27)22-11-10-21-12(3)24;1-6-8(3)17-12-11(6)7(2)13-5-10-15-14-9(4)16(10)12;7-6-4-2-1-3-5-6/h5-6,8-9,15,22H,2,4,7,10-11H2,1,3H3,(H,20,25)(H,21,24);5H2,1-4H3;1-5H. The second kappa shape index (κ2) is 17.7. The number of fused-ring (bicyclic) bond motifs is 4. The number of thiophene rings is 1. The van der Waals surface area contributed by atoms with Crippen molar-refractivity contribution in [1.29, 1.82) is 0 Å². The molecule has 14 heteroatoms. The zero-order chi connectivity index (χ0) is 37.2. The molecule has 1 atom stereocenters. The Labute approximate surface area is 307 Å². The molecule has 0 bridgehead atoms. The molecule has 0 spiro atoms. The predicted molar refractivity (Wildman–Crippen MR) is 202 cm³/mol. The largest absolute Gasteiger partial charge is 0.383 e. The third-order valence-corrected chi connectivity index (χ3v) is 9.64. The molecule has 268 valence electrons. The van der Waals surface area contributed by atoms with Crippen LogP contribution in [0, 0.1) is 20.8 Å². The number of anilines is 1. The first-order valence-electron chi connectivity index (χ1n) is 16.5. The Balaban J connectivity index is 0.000000204. The number of rotatable bonds is 9. The number of halogens is 1. The van der Waals surface area contributed by atoms with E-state index in [9.17, 15) is 19.2 Å². The number of aliphatic imine (C=N–C) groups is 1. The highest BCUT2D eigenvalue weighted by atomic mass is 35.5. The van der Waals surface area contributed by atoms with Gasteiger partial charge in [0.25, 0.3) is 11.8 Å². The van der Waals surface area contributed by atoms with Crippen molar-refractivity contribution >= 4 is 58.0 Å². The summed E-state index contributed by atoms with van der Waals surface area (Å²) in [5.74, 6) is 0.285. The molecular weight excluding hydrogens is 688 g/mol. The third kappa shape index (κ3) is 8.97. The molecule has 0 saturated carbocycles. The number of hydrogen-bond donors (Lipinski definition) is 3. The van der Waals surface area contributed by atoms with E-state index in [2.05, 4.69) is 63.1 Å². The lowest BCUT2D eigenvalue weighted by Crippen LogP contribution is -2.48. The Morgan fingerprint density at radius 2 is 1.73 bits per heavy atom. The number of benzene rings is 2. The van der Waals surface area contributed by atoms with Crippen molar-refractivity contribution in [2.75, 3.05) is 18.4 Å². The lowest BCUT2D eigenvalue weighted by atomic mass is 10.1. The van der Waals surface area contributed by atoms with Gasteiger partial charge in [0.15, 0.2) is 5.82 Å². The number of imide groups is 1. The smallest absolute Gasteiger partial charge is 0.264 e. The molecule has 2 aromatic carbocycles. The summed E-state index contributed by atoms with van der Waals surface area (Å²) in [5.41, 5.74) is 4.70. The van der Waals surface area contributed by atoms with Gasteiger partial charge in [-0.15, -0.1) is 21.5 Å². The fourth-order valence-corrected chi connectivity index (χ4v) is 7.09. The van der Waals surface area contributed by atoms with Crippen LogP contribution < -0.4 is 16.0 Å². The molecule has 2 aliphatic rings. The predicted octanol–water partition coefficient (Wildman–Crippen LogP) is 6.18. The van der Waals surface area contributed by atoms with E-state index >= 15 is 0 Å². The number of aromatic nitrogens is 3. The average Bonchev–Trinajstić information content (AvgIpc) is 3.67. The minimum Gasteiger partial charge on any atom is -0.383 e. The fraction of sp³-hybridized carbons (Fsp3) is 0.324. The molecule has 4 aromatic rings. The number of aryl methyl sites for hydroxylation is 2. The van der Waals surface area contributed by atoms with Crippen molar-refractivity contribution in [1.82, 2.24) is 30.3 Å². The number of carbonyl (C=O) groups is 4. The van der Waals surface area contributed by atoms with Gasteiger partial charge >= 0.3 is 0 Å². The normalized spacial score (nSPS) is 13.2. The number of amides is 4. The molecule has 0 aliphatic carbocycles. The summed E-state index contributed by atoms with van der Waals surface area (Å²) in [6.07, 6.45) is 2.22. The van der Waals surface area contributed by atoms with Crippen molar-refractivity contribution < 1.29 is 19.2 Å². The molecule has 0 saturated heterocycles. The van der Waals surface area contributed by atoms with Crippen LogP contribution in [0.1, 0.15) is 82.0 Å². The first-order valence-corrected chi connectivity index (χ1v) is 17.7. The van der Waals surface area contributed by atoms with Gasteiger partial charge in [0.1, 0.15) is 16.9 Å². The Morgan fingerprint density at radius 1 is 1.00 bits per heavy atom. The van der Waals surface area contributed by atoms with Crippen LogP contribution >= 0.6 is 22.9 Å². The van der Waals surface area contributed by atoms with E-state index in [1.165, 1.54) is 34.1 Å². The van der Waals surface area contributed by atoms with E-state index in [0.29, 0.717) is 38.2 Å². The number of nitrogens with one attached hydrogen (secondary N) is 3. The topological polar surface area (TPSA) is 151 Å². The second-order valence-corrected chi connectivity index (χ2v) is 13.4. The summed E-state index contributed by atoms with van der Waals surface area (Å²) in [7, 11) is 0. The zero-order valence-electron chi connectivity index (χ0n) is 29.7. The first kappa shape index (κ1) is 38.7. The third-order valence-electron chi connectivity index (χ3n) is 8.20. The van der Waals surface area contributed by atoms with Gasteiger partial charge in [-0.25, -0.2) is 0 Å². The van der Waals surface area contributed by atoms with Crippen LogP contribution in [0.2, 0.25) is 5.02 Å². The average molecular weight is 731 g/mol. The van der Waals surface area contributed by atoms with Crippen molar-refractivity contribution in [3.8, 4) is 5.00 Å². The molecule has 6 rings (SSSR count). The van der Waals surface area contributed by atoms with Crippen LogP contribution in [0.3, 0.4) is 0 Å². The Morgan fingerprint density at radius 3 is 2.35 bits per heavy atom. The molecular formula is C37H43ClN8O4S. The van der Waals surface area contributed by atoms with Crippen molar-refractivity contribution in [3.05, 3.63) is 105 Å². The quantitative estimate of drug-likeness (QED) is 0.138. The summed E-state index contributed by atoms with van der Waals surface area (Å²) >= 11 is 7.34. The van der Waals surface area contributed by atoms with Crippen LogP contribution in [0.5, 0.6) is 0 Å². The molecule has 4 amide bonds. The van der Waals surface area contributed by atoms with E-state index < -0.39 is 23.8 Å². The monoisotopic (exact) mass is 730 g/mol. The second-order valence-electron chi connectivity index (χ2n) is 11.8. The summed E-state index contributed by atoms with van der Waals surface area (Å²) in [5, 5.41) is 18.5. The Kier molecular flexibility index (Phi) is 13.4. The fourth-order valence-electron chi connectivity index (χ4n) is 5.67. The molecule has 3 N–H and O–H groups in total. The number of hydrogen-bond acceptors (Lipinski definition) is 9. The lowest BCUT2D eigenvalue weighted by Gasteiger charge is -2.24. The Bertz CT molecular complexity index is 1950. The van der Waals surface area contributed by atoms with Crippen LogP contribution in [0.25, 0.3) is 5.00 Å². The summed E-state index contributed by atoms with van der Waals surface area (Å²) < 4.78 is 2.14. The van der Waals surface area contributed by atoms with Crippen LogP contribution in [0.15, 0.2) is 66.3 Å². The van der Waals surface area contributed by atoms with Gasteiger partial charge < -0.3 is 16.0 Å². The molecule has 51 heavy (non-hydrogen) atoms. The SMILES string of the molecule is C=CNC(=O)C(CCC)N1C(=O)c2cccc(NCCNC(C)=O)c2C1=O.CC1=NCc2nnc(C)n2-c2sc(C)c(C)c21.Clc1ccccc1. The molecule has 1 unspecified atom stereocenters. The molecule has 2 aromatic heterocycles. The first-order chi connectivity index (χ1) is 24.4. The van der Waals surface area contributed by atoms with E-state index in [1.54, 1.807) is 29.5 Å². The van der Waals surface area contributed by atoms with Gasteiger partial charge in [-0.1, -0.05) is 55.8 Å². The van der Waals surface area contributed by atoms with E-state index in [4.69, 9.17) is 11.6 Å². The van der Waals surface area contributed by atoms with E-state index in [0.717, 1.165) is 27.3 Å². The highest BCUT2D eigenvalue weighted by Gasteiger charge is 2.43. The maximum Gasteiger partial charge on any atom is 0.264 e. The Hall–Kier alpha value is -5.14. The minimum atomic E-state index is -0.896. The highest BCUT2D eigenvalue weighted by molar-refractivity contribution is 7.15. The van der Waals surface area contributed by atoms with Crippen molar-refractivity contribution in [3.63, 3.8) is 0 Å². The maximum absolute atomic E-state index is 13.0. The van der Waals surface area contributed by atoms with Gasteiger partial charge in [-0.3, -0.25) is 33.6 Å². The maximum atomic E-state index is 13.0. The molecule has 4 heterocycles. The summed E-state index contributed by atoms with van der Waals surface area (Å²) in [6, 6.07) is 13.5. The van der Waals surface area contributed by atoms with Gasteiger partial charge in [0, 0.05) is 46.9 Å². The molecule has 0 fully saturated rings.